The van der Waals surface area contributed by atoms with Crippen molar-refractivity contribution in [1.82, 2.24) is 10.2 Å². The summed E-state index contributed by atoms with van der Waals surface area (Å²) in [6, 6.07) is 7.77. The minimum Gasteiger partial charge on any atom is -0.481 e. The summed E-state index contributed by atoms with van der Waals surface area (Å²) in [5.41, 5.74) is 1.05. The van der Waals surface area contributed by atoms with Gasteiger partial charge in [-0.1, -0.05) is 25.1 Å². The Morgan fingerprint density at radius 2 is 2.04 bits per heavy atom. The van der Waals surface area contributed by atoms with Crippen molar-refractivity contribution < 1.29 is 9.53 Å². The SMILES string of the molecule is Cc1ccccc1OC(C)C(=O)NCCCN1CCC(C)CC1. The first-order valence-electron chi connectivity index (χ1n) is 8.78. The zero-order chi connectivity index (χ0) is 16.7. The van der Waals surface area contributed by atoms with Crippen LogP contribution in [0.1, 0.15) is 38.7 Å². The summed E-state index contributed by atoms with van der Waals surface area (Å²) in [6.45, 7) is 10.3. The number of benzene rings is 1. The van der Waals surface area contributed by atoms with Crippen LogP contribution in [0.2, 0.25) is 0 Å². The van der Waals surface area contributed by atoms with Gasteiger partial charge in [0.05, 0.1) is 0 Å². The van der Waals surface area contributed by atoms with Gasteiger partial charge in [0, 0.05) is 6.54 Å². The Bertz CT molecular complexity index is 496. The number of para-hydroxylation sites is 1. The predicted octanol–water partition coefficient (Wildman–Crippen LogP) is 3.00. The van der Waals surface area contributed by atoms with Crippen LogP contribution < -0.4 is 10.1 Å². The van der Waals surface area contributed by atoms with E-state index in [1.807, 2.05) is 31.2 Å². The summed E-state index contributed by atoms with van der Waals surface area (Å²) in [5, 5.41) is 2.98. The van der Waals surface area contributed by atoms with E-state index in [0.29, 0.717) is 6.54 Å². The lowest BCUT2D eigenvalue weighted by atomic mass is 9.99. The molecule has 1 heterocycles. The van der Waals surface area contributed by atoms with Crippen LogP contribution in [0.15, 0.2) is 24.3 Å². The van der Waals surface area contributed by atoms with E-state index in [0.717, 1.165) is 30.2 Å². The highest BCUT2D eigenvalue weighted by molar-refractivity contribution is 5.80. The highest BCUT2D eigenvalue weighted by Gasteiger charge is 2.16. The van der Waals surface area contributed by atoms with E-state index >= 15 is 0 Å². The second kappa shape index (κ2) is 8.92. The highest BCUT2D eigenvalue weighted by atomic mass is 16.5. The Balaban J connectivity index is 1.63. The topological polar surface area (TPSA) is 41.6 Å². The van der Waals surface area contributed by atoms with Gasteiger partial charge in [-0.05, 0) is 70.3 Å². The van der Waals surface area contributed by atoms with E-state index in [1.54, 1.807) is 6.92 Å². The number of rotatable bonds is 7. The molecule has 0 aliphatic carbocycles. The molecule has 23 heavy (non-hydrogen) atoms. The number of amides is 1. The smallest absolute Gasteiger partial charge is 0.260 e. The summed E-state index contributed by atoms with van der Waals surface area (Å²) >= 11 is 0. The minimum absolute atomic E-state index is 0.0412. The molecule has 1 amide bonds. The molecule has 0 spiro atoms. The Morgan fingerprint density at radius 1 is 1.35 bits per heavy atom. The summed E-state index contributed by atoms with van der Waals surface area (Å²) in [4.78, 5) is 14.6. The zero-order valence-corrected chi connectivity index (χ0v) is 14.7. The first-order chi connectivity index (χ1) is 11.1. The molecule has 1 atom stereocenters. The fraction of sp³-hybridized carbons (Fsp3) is 0.632. The maximum Gasteiger partial charge on any atom is 0.260 e. The van der Waals surface area contributed by atoms with Crippen molar-refractivity contribution >= 4 is 5.91 Å². The lowest BCUT2D eigenvalue weighted by molar-refractivity contribution is -0.127. The van der Waals surface area contributed by atoms with Gasteiger partial charge in [0.25, 0.3) is 5.91 Å². The van der Waals surface area contributed by atoms with Gasteiger partial charge in [0.15, 0.2) is 6.10 Å². The fourth-order valence-corrected chi connectivity index (χ4v) is 2.88. The monoisotopic (exact) mass is 318 g/mol. The lowest BCUT2D eigenvalue weighted by Gasteiger charge is -2.30. The maximum atomic E-state index is 12.1. The van der Waals surface area contributed by atoms with Gasteiger partial charge in [-0.15, -0.1) is 0 Å². The second-order valence-electron chi connectivity index (χ2n) is 6.69. The molecule has 1 aromatic rings. The number of carbonyl (C=O) groups is 1. The van der Waals surface area contributed by atoms with Crippen molar-refractivity contribution in [2.45, 2.75) is 46.1 Å². The van der Waals surface area contributed by atoms with Crippen LogP contribution in [0.25, 0.3) is 0 Å². The molecule has 0 saturated carbocycles. The van der Waals surface area contributed by atoms with Gasteiger partial charge in [-0.2, -0.15) is 0 Å². The van der Waals surface area contributed by atoms with E-state index < -0.39 is 6.10 Å². The molecule has 1 aliphatic heterocycles. The molecule has 4 heteroatoms. The van der Waals surface area contributed by atoms with Crippen molar-refractivity contribution in [3.63, 3.8) is 0 Å². The van der Waals surface area contributed by atoms with Crippen molar-refractivity contribution in [2.24, 2.45) is 5.92 Å². The van der Waals surface area contributed by atoms with Gasteiger partial charge >= 0.3 is 0 Å². The van der Waals surface area contributed by atoms with Crippen LogP contribution in [0.4, 0.5) is 0 Å². The van der Waals surface area contributed by atoms with Gasteiger partial charge in [0.2, 0.25) is 0 Å². The molecule has 0 aromatic heterocycles. The summed E-state index contributed by atoms with van der Waals surface area (Å²) in [7, 11) is 0. The quantitative estimate of drug-likeness (QED) is 0.786. The second-order valence-corrected chi connectivity index (χ2v) is 6.69. The standard InChI is InChI=1S/C19H30N2O2/c1-15-9-13-21(14-10-15)12-6-11-20-19(22)17(3)23-18-8-5-4-7-16(18)2/h4-5,7-8,15,17H,6,9-14H2,1-3H3,(H,20,22). The third-order valence-corrected chi connectivity index (χ3v) is 4.59. The third-order valence-electron chi connectivity index (χ3n) is 4.59. The molecular formula is C19H30N2O2. The molecule has 1 aliphatic rings. The van der Waals surface area contributed by atoms with Crippen molar-refractivity contribution in [3.05, 3.63) is 29.8 Å². The first kappa shape index (κ1) is 17.8. The number of nitrogens with zero attached hydrogens (tertiary/aromatic N) is 1. The summed E-state index contributed by atoms with van der Waals surface area (Å²) in [5.74, 6) is 1.60. The first-order valence-corrected chi connectivity index (χ1v) is 8.78. The molecule has 1 fully saturated rings. The number of aryl methyl sites for hydroxylation is 1. The minimum atomic E-state index is -0.466. The molecule has 2 rings (SSSR count). The molecule has 1 N–H and O–H groups in total. The van der Waals surface area contributed by atoms with Gasteiger partial charge in [-0.25, -0.2) is 0 Å². The normalized spacial score (nSPS) is 17.7. The lowest BCUT2D eigenvalue weighted by Crippen LogP contribution is -2.39. The zero-order valence-electron chi connectivity index (χ0n) is 14.7. The predicted molar refractivity (Wildman–Crippen MR) is 93.7 cm³/mol. The fourth-order valence-electron chi connectivity index (χ4n) is 2.88. The Morgan fingerprint density at radius 3 is 2.74 bits per heavy atom. The Hall–Kier alpha value is -1.55. The highest BCUT2D eigenvalue weighted by Crippen LogP contribution is 2.18. The van der Waals surface area contributed by atoms with Gasteiger partial charge in [-0.3, -0.25) is 4.79 Å². The van der Waals surface area contributed by atoms with E-state index in [9.17, 15) is 4.79 Å². The van der Waals surface area contributed by atoms with Crippen LogP contribution in [0, 0.1) is 12.8 Å². The molecule has 0 bridgehead atoms. The number of nitrogens with one attached hydrogen (secondary N) is 1. The largest absolute Gasteiger partial charge is 0.481 e. The molecule has 1 unspecified atom stereocenters. The molecular weight excluding hydrogens is 288 g/mol. The molecule has 1 aromatic carbocycles. The maximum absolute atomic E-state index is 12.1. The average Bonchev–Trinajstić information content (AvgIpc) is 2.55. The number of carbonyl (C=O) groups excluding carboxylic acids is 1. The number of likely N-dealkylation sites (tertiary alicyclic amines) is 1. The van der Waals surface area contributed by atoms with Crippen LogP contribution in [0.3, 0.4) is 0 Å². The van der Waals surface area contributed by atoms with E-state index in [2.05, 4.69) is 17.1 Å². The number of ether oxygens (including phenoxy) is 1. The Labute approximate surface area is 140 Å². The number of hydrogen-bond acceptors (Lipinski definition) is 3. The van der Waals surface area contributed by atoms with E-state index in [1.165, 1.54) is 25.9 Å². The van der Waals surface area contributed by atoms with Crippen LogP contribution in [-0.4, -0.2) is 43.1 Å². The summed E-state index contributed by atoms with van der Waals surface area (Å²) in [6.07, 6.45) is 3.13. The van der Waals surface area contributed by atoms with Gasteiger partial charge in [0.1, 0.15) is 5.75 Å². The Kier molecular flexibility index (Phi) is 6.90. The van der Waals surface area contributed by atoms with Crippen LogP contribution in [-0.2, 0) is 4.79 Å². The molecule has 128 valence electrons. The van der Waals surface area contributed by atoms with Crippen molar-refractivity contribution in [2.75, 3.05) is 26.2 Å². The van der Waals surface area contributed by atoms with Crippen molar-refractivity contribution in [3.8, 4) is 5.75 Å². The number of hydrogen-bond donors (Lipinski definition) is 1. The van der Waals surface area contributed by atoms with Crippen LogP contribution >= 0.6 is 0 Å². The van der Waals surface area contributed by atoms with Crippen LogP contribution in [0.5, 0.6) is 5.75 Å². The average molecular weight is 318 g/mol. The third kappa shape index (κ3) is 5.87. The van der Waals surface area contributed by atoms with E-state index in [4.69, 9.17) is 4.74 Å². The van der Waals surface area contributed by atoms with E-state index in [-0.39, 0.29) is 5.91 Å². The molecule has 1 saturated heterocycles. The summed E-state index contributed by atoms with van der Waals surface area (Å²) < 4.78 is 5.74. The van der Waals surface area contributed by atoms with Crippen molar-refractivity contribution in [1.29, 1.82) is 0 Å². The van der Waals surface area contributed by atoms with Gasteiger partial charge < -0.3 is 15.0 Å². The number of piperidine rings is 1. The molecule has 4 nitrogen and oxygen atoms in total. The molecule has 0 radical (unpaired) electrons.